The molecular weight excluding hydrogens is 314 g/mol. The molecule has 146 valence electrons. The smallest absolute Gasteiger partial charge is 0.00234 e. The summed E-state index contributed by atoms with van der Waals surface area (Å²) in [5, 5.41) is 3.46. The van der Waals surface area contributed by atoms with E-state index < -0.39 is 0 Å². The van der Waals surface area contributed by atoms with Gasteiger partial charge in [0.05, 0.1) is 0 Å². The van der Waals surface area contributed by atoms with E-state index >= 15 is 0 Å². The van der Waals surface area contributed by atoms with E-state index in [-0.39, 0.29) is 0 Å². The van der Waals surface area contributed by atoms with Crippen LogP contribution in [0.4, 0.5) is 0 Å². The van der Waals surface area contributed by atoms with Gasteiger partial charge in [-0.15, -0.1) is 0 Å². The van der Waals surface area contributed by atoms with Crippen LogP contribution in [0.5, 0.6) is 0 Å². The zero-order chi connectivity index (χ0) is 18.5. The van der Waals surface area contributed by atoms with E-state index in [1.165, 1.54) is 57.1 Å². The summed E-state index contributed by atoms with van der Waals surface area (Å²) in [7, 11) is 2.12. The Morgan fingerprint density at radius 2 is 1.69 bits per heavy atom. The van der Waals surface area contributed by atoms with E-state index in [9.17, 15) is 0 Å². The topological polar surface area (TPSA) is 12.0 Å². The highest BCUT2D eigenvalue weighted by Crippen LogP contribution is 2.49. The highest BCUT2D eigenvalue weighted by molar-refractivity contribution is 5.26. The van der Waals surface area contributed by atoms with Crippen LogP contribution in [0.3, 0.4) is 0 Å². The van der Waals surface area contributed by atoms with Crippen LogP contribution in [0.2, 0.25) is 0 Å². The molecule has 1 heteroatoms. The first-order valence-electron chi connectivity index (χ1n) is 11.4. The summed E-state index contributed by atoms with van der Waals surface area (Å²) in [5.74, 6) is 5.40. The summed E-state index contributed by atoms with van der Waals surface area (Å²) in [5.41, 5.74) is 3.07. The lowest BCUT2D eigenvalue weighted by atomic mass is 9.61. The first-order valence-corrected chi connectivity index (χ1v) is 11.4. The summed E-state index contributed by atoms with van der Waals surface area (Å²) in [6.07, 6.45) is 11.3. The van der Waals surface area contributed by atoms with Gasteiger partial charge in [0.15, 0.2) is 0 Å². The van der Waals surface area contributed by atoms with Crippen LogP contribution in [0, 0.1) is 29.6 Å². The molecule has 1 N–H and O–H groups in total. The van der Waals surface area contributed by atoms with Crippen molar-refractivity contribution in [2.24, 2.45) is 29.6 Å². The lowest BCUT2D eigenvalue weighted by molar-refractivity contribution is 0.0734. The van der Waals surface area contributed by atoms with Gasteiger partial charge in [0.25, 0.3) is 0 Å². The molecule has 4 unspecified atom stereocenters. The van der Waals surface area contributed by atoms with Crippen molar-refractivity contribution in [3.05, 3.63) is 35.4 Å². The van der Waals surface area contributed by atoms with Crippen LogP contribution in [0.25, 0.3) is 0 Å². The van der Waals surface area contributed by atoms with Gasteiger partial charge in [-0.3, -0.25) is 0 Å². The molecule has 1 aromatic carbocycles. The second-order valence-corrected chi connectivity index (χ2v) is 9.49. The minimum Gasteiger partial charge on any atom is -0.319 e. The average Bonchev–Trinajstić information content (AvgIpc) is 2.68. The predicted octanol–water partition coefficient (Wildman–Crippen LogP) is 6.43. The maximum atomic E-state index is 3.46. The molecule has 2 aliphatic rings. The Morgan fingerprint density at radius 3 is 2.31 bits per heavy atom. The molecule has 0 bridgehead atoms. The molecule has 0 spiro atoms. The monoisotopic (exact) mass is 355 g/mol. The van der Waals surface area contributed by atoms with E-state index in [0.29, 0.717) is 0 Å². The molecule has 0 amide bonds. The molecule has 3 rings (SSSR count). The first-order chi connectivity index (χ1) is 12.6. The van der Waals surface area contributed by atoms with Crippen molar-refractivity contribution in [2.45, 2.75) is 78.1 Å². The van der Waals surface area contributed by atoms with E-state index in [0.717, 1.165) is 41.9 Å². The van der Waals surface area contributed by atoms with Gasteiger partial charge in [-0.1, -0.05) is 57.9 Å². The summed E-state index contributed by atoms with van der Waals surface area (Å²) in [6.45, 7) is 8.38. The van der Waals surface area contributed by atoms with Crippen LogP contribution in [-0.2, 0) is 6.42 Å². The lowest BCUT2D eigenvalue weighted by Crippen LogP contribution is -2.38. The first kappa shape index (κ1) is 19.9. The molecule has 0 saturated heterocycles. The highest BCUT2D eigenvalue weighted by Gasteiger charge is 2.39. The predicted molar refractivity (Wildman–Crippen MR) is 114 cm³/mol. The third-order valence-electron chi connectivity index (χ3n) is 7.74. The lowest BCUT2D eigenvalue weighted by Gasteiger charge is -2.45. The number of benzene rings is 1. The largest absolute Gasteiger partial charge is 0.319 e. The minimum atomic E-state index is 0.781. The molecule has 26 heavy (non-hydrogen) atoms. The molecule has 2 fully saturated rings. The van der Waals surface area contributed by atoms with Crippen molar-refractivity contribution < 1.29 is 0 Å². The van der Waals surface area contributed by atoms with Gasteiger partial charge in [-0.2, -0.15) is 0 Å². The van der Waals surface area contributed by atoms with Crippen LogP contribution < -0.4 is 5.32 Å². The number of hydrogen-bond donors (Lipinski definition) is 1. The molecule has 0 radical (unpaired) electrons. The van der Waals surface area contributed by atoms with E-state index in [2.05, 4.69) is 57.4 Å². The van der Waals surface area contributed by atoms with Crippen molar-refractivity contribution in [3.63, 3.8) is 0 Å². The zero-order valence-corrected chi connectivity index (χ0v) is 17.6. The minimum absolute atomic E-state index is 0.781. The summed E-state index contributed by atoms with van der Waals surface area (Å²) < 4.78 is 0. The van der Waals surface area contributed by atoms with Crippen molar-refractivity contribution in [2.75, 3.05) is 13.6 Å². The molecule has 1 aromatic rings. The molecule has 0 heterocycles. The van der Waals surface area contributed by atoms with Crippen molar-refractivity contribution in [1.29, 1.82) is 0 Å². The Labute approximate surface area is 162 Å². The molecule has 2 aliphatic carbocycles. The normalized spacial score (nSPS) is 33.8. The van der Waals surface area contributed by atoms with Crippen molar-refractivity contribution >= 4 is 0 Å². The van der Waals surface area contributed by atoms with Crippen LogP contribution >= 0.6 is 0 Å². The Morgan fingerprint density at radius 1 is 1.00 bits per heavy atom. The molecule has 0 aromatic heterocycles. The fourth-order valence-corrected chi connectivity index (χ4v) is 5.98. The average molecular weight is 356 g/mol. The van der Waals surface area contributed by atoms with Crippen LogP contribution in [0.15, 0.2) is 24.3 Å². The summed E-state index contributed by atoms with van der Waals surface area (Å²) in [4.78, 5) is 0. The molecule has 0 aliphatic heterocycles. The fraction of sp³-hybridized carbons (Fsp3) is 0.760. The number of rotatable bonds is 6. The maximum Gasteiger partial charge on any atom is -0.00234 e. The summed E-state index contributed by atoms with van der Waals surface area (Å²) >= 11 is 0. The zero-order valence-electron chi connectivity index (χ0n) is 17.6. The van der Waals surface area contributed by atoms with Gasteiger partial charge in [0.1, 0.15) is 0 Å². The fourth-order valence-electron chi connectivity index (χ4n) is 5.98. The van der Waals surface area contributed by atoms with E-state index in [1.807, 2.05) is 0 Å². The third-order valence-corrected chi connectivity index (χ3v) is 7.74. The van der Waals surface area contributed by atoms with Gasteiger partial charge >= 0.3 is 0 Å². The quantitative estimate of drug-likeness (QED) is 0.620. The second kappa shape index (κ2) is 9.40. The van der Waals surface area contributed by atoms with Crippen molar-refractivity contribution in [3.8, 4) is 0 Å². The van der Waals surface area contributed by atoms with Gasteiger partial charge in [0, 0.05) is 0 Å². The summed E-state index contributed by atoms with van der Waals surface area (Å²) in [6, 6.07) is 9.56. The standard InChI is InChI=1S/C25H41N/c1-5-20-8-12-21(13-9-20)23-14-15-24(22-10-6-18(2)7-11-22)25(16-23)19(3)17-26-4/h8-9,12-13,18-19,22-26H,5-7,10-11,14-17H2,1-4H3. The molecule has 4 atom stereocenters. The third kappa shape index (κ3) is 4.71. The second-order valence-electron chi connectivity index (χ2n) is 9.49. The number of hydrogen-bond acceptors (Lipinski definition) is 1. The molecule has 2 saturated carbocycles. The highest BCUT2D eigenvalue weighted by atomic mass is 14.8. The van der Waals surface area contributed by atoms with Crippen molar-refractivity contribution in [1.82, 2.24) is 5.32 Å². The Balaban J connectivity index is 1.72. The Bertz CT molecular complexity index is 526. The Hall–Kier alpha value is -0.820. The SMILES string of the molecule is CCc1ccc(C2CCC(C3CCC(C)CC3)C(C(C)CNC)C2)cc1. The van der Waals surface area contributed by atoms with E-state index in [4.69, 9.17) is 0 Å². The number of aryl methyl sites for hydroxylation is 1. The van der Waals surface area contributed by atoms with Crippen LogP contribution in [-0.4, -0.2) is 13.6 Å². The number of nitrogens with one attached hydrogen (secondary N) is 1. The van der Waals surface area contributed by atoms with Gasteiger partial charge in [0.2, 0.25) is 0 Å². The maximum absolute atomic E-state index is 3.46. The van der Waals surface area contributed by atoms with Gasteiger partial charge in [-0.25, -0.2) is 0 Å². The van der Waals surface area contributed by atoms with Crippen LogP contribution in [0.1, 0.15) is 82.8 Å². The Kier molecular flexibility index (Phi) is 7.20. The molecular formula is C25H41N. The molecule has 1 nitrogen and oxygen atoms in total. The van der Waals surface area contributed by atoms with Gasteiger partial charge in [-0.05, 0) is 98.8 Å². The van der Waals surface area contributed by atoms with Gasteiger partial charge < -0.3 is 5.32 Å². The van der Waals surface area contributed by atoms with E-state index in [1.54, 1.807) is 5.56 Å².